The molecule has 0 aliphatic heterocycles. The zero-order valence-electron chi connectivity index (χ0n) is 37.7. The number of unbranched alkanes of at least 4 members (excludes halogenated alkanes) is 24. The highest BCUT2D eigenvalue weighted by atomic mass is 16.6. The lowest BCUT2D eigenvalue weighted by molar-refractivity contribution is -0.167. The largest absolute Gasteiger partial charge is 0.462 e. The standard InChI is InChI=1S/C49H94O6/c1-7-45(6)37-31-25-18-14-12-10-8-9-11-13-15-19-26-32-38-47(50)53-41-46(55-49(52)40-34-28-22-21-24-30-36-44(4)5)42-54-48(51)39-33-27-20-16-17-23-29-35-43(2)3/h43-46H,7-42H2,1-6H3/t45?,46-/m0/s1. The molecule has 0 fully saturated rings. The zero-order valence-corrected chi connectivity index (χ0v) is 37.7. The molecule has 326 valence electrons. The summed E-state index contributed by atoms with van der Waals surface area (Å²) in [6.07, 6.45) is 38.2. The van der Waals surface area contributed by atoms with Crippen molar-refractivity contribution in [1.29, 1.82) is 0 Å². The quantitative estimate of drug-likeness (QED) is 0.0349. The third-order valence-electron chi connectivity index (χ3n) is 11.3. The van der Waals surface area contributed by atoms with Gasteiger partial charge in [0.15, 0.2) is 6.10 Å². The van der Waals surface area contributed by atoms with E-state index in [0.29, 0.717) is 19.3 Å². The van der Waals surface area contributed by atoms with Gasteiger partial charge in [-0.1, -0.05) is 221 Å². The van der Waals surface area contributed by atoms with E-state index >= 15 is 0 Å². The van der Waals surface area contributed by atoms with Crippen LogP contribution in [0.5, 0.6) is 0 Å². The molecule has 0 bridgehead atoms. The van der Waals surface area contributed by atoms with Gasteiger partial charge in [0.05, 0.1) is 0 Å². The van der Waals surface area contributed by atoms with Crippen LogP contribution in [0.1, 0.15) is 260 Å². The molecule has 0 aliphatic carbocycles. The predicted octanol–water partition coefficient (Wildman–Crippen LogP) is 15.2. The molecular formula is C49H94O6. The molecule has 0 spiro atoms. The van der Waals surface area contributed by atoms with Crippen molar-refractivity contribution < 1.29 is 28.6 Å². The fourth-order valence-electron chi connectivity index (χ4n) is 7.20. The summed E-state index contributed by atoms with van der Waals surface area (Å²) in [7, 11) is 0. The van der Waals surface area contributed by atoms with Crippen molar-refractivity contribution in [1.82, 2.24) is 0 Å². The van der Waals surface area contributed by atoms with Gasteiger partial charge in [-0.05, 0) is 37.0 Å². The number of carbonyl (C=O) groups is 3. The number of ether oxygens (including phenoxy) is 3. The van der Waals surface area contributed by atoms with Gasteiger partial charge >= 0.3 is 17.9 Å². The average molecular weight is 779 g/mol. The second kappa shape index (κ2) is 40.6. The van der Waals surface area contributed by atoms with E-state index in [1.807, 2.05) is 0 Å². The maximum absolute atomic E-state index is 12.7. The van der Waals surface area contributed by atoms with Gasteiger partial charge in [0.25, 0.3) is 0 Å². The molecule has 0 amide bonds. The van der Waals surface area contributed by atoms with Gasteiger partial charge in [0.1, 0.15) is 13.2 Å². The Morgan fingerprint density at radius 2 is 0.636 bits per heavy atom. The van der Waals surface area contributed by atoms with Crippen molar-refractivity contribution in [3.05, 3.63) is 0 Å². The number of hydrogen-bond acceptors (Lipinski definition) is 6. The van der Waals surface area contributed by atoms with E-state index in [9.17, 15) is 14.4 Å². The van der Waals surface area contributed by atoms with Gasteiger partial charge in [-0.3, -0.25) is 14.4 Å². The molecule has 0 aromatic carbocycles. The monoisotopic (exact) mass is 779 g/mol. The van der Waals surface area contributed by atoms with Crippen molar-refractivity contribution in [3.63, 3.8) is 0 Å². The second-order valence-electron chi connectivity index (χ2n) is 17.9. The first-order valence-corrected chi connectivity index (χ1v) is 24.1. The third kappa shape index (κ3) is 41.9. The Bertz CT molecular complexity index is 854. The van der Waals surface area contributed by atoms with Crippen LogP contribution in [0.15, 0.2) is 0 Å². The van der Waals surface area contributed by atoms with Gasteiger partial charge in [-0.15, -0.1) is 0 Å². The summed E-state index contributed by atoms with van der Waals surface area (Å²) in [5, 5.41) is 0. The number of rotatable bonds is 42. The molecule has 6 heteroatoms. The minimum absolute atomic E-state index is 0.0667. The number of esters is 3. The van der Waals surface area contributed by atoms with Gasteiger partial charge in [-0.2, -0.15) is 0 Å². The minimum Gasteiger partial charge on any atom is -0.462 e. The van der Waals surface area contributed by atoms with Gasteiger partial charge in [-0.25, -0.2) is 0 Å². The molecule has 0 saturated heterocycles. The van der Waals surface area contributed by atoms with E-state index in [-0.39, 0.29) is 31.1 Å². The van der Waals surface area contributed by atoms with Crippen LogP contribution in [-0.4, -0.2) is 37.2 Å². The van der Waals surface area contributed by atoms with E-state index in [1.165, 1.54) is 141 Å². The van der Waals surface area contributed by atoms with Crippen molar-refractivity contribution >= 4 is 17.9 Å². The van der Waals surface area contributed by atoms with Crippen LogP contribution in [0.2, 0.25) is 0 Å². The summed E-state index contributed by atoms with van der Waals surface area (Å²) >= 11 is 0. The maximum atomic E-state index is 12.7. The van der Waals surface area contributed by atoms with Crippen LogP contribution in [-0.2, 0) is 28.6 Å². The third-order valence-corrected chi connectivity index (χ3v) is 11.3. The summed E-state index contributed by atoms with van der Waals surface area (Å²) in [5.74, 6) is 1.57. The predicted molar refractivity (Wildman–Crippen MR) is 233 cm³/mol. The fourth-order valence-corrected chi connectivity index (χ4v) is 7.20. The lowest BCUT2D eigenvalue weighted by Crippen LogP contribution is -2.30. The summed E-state index contributed by atoms with van der Waals surface area (Å²) < 4.78 is 16.7. The highest BCUT2D eigenvalue weighted by Crippen LogP contribution is 2.18. The Morgan fingerprint density at radius 1 is 0.364 bits per heavy atom. The van der Waals surface area contributed by atoms with E-state index in [1.54, 1.807) is 0 Å². The maximum Gasteiger partial charge on any atom is 0.306 e. The SMILES string of the molecule is CCC(C)CCCCCCCCCCCCCCCCC(=O)OC[C@@H](COC(=O)CCCCCCCCCC(C)C)OC(=O)CCCCCCCCC(C)C. The van der Waals surface area contributed by atoms with Gasteiger partial charge in [0, 0.05) is 19.3 Å². The Labute approximate surface area is 342 Å². The van der Waals surface area contributed by atoms with Crippen LogP contribution in [0, 0.1) is 17.8 Å². The molecule has 0 radical (unpaired) electrons. The Hall–Kier alpha value is -1.59. The molecule has 0 heterocycles. The second-order valence-corrected chi connectivity index (χ2v) is 17.9. The molecule has 0 N–H and O–H groups in total. The summed E-state index contributed by atoms with van der Waals surface area (Å²) in [4.78, 5) is 37.7. The van der Waals surface area contributed by atoms with Crippen LogP contribution >= 0.6 is 0 Å². The summed E-state index contributed by atoms with van der Waals surface area (Å²) in [5.41, 5.74) is 0. The number of hydrogen-bond donors (Lipinski definition) is 0. The van der Waals surface area contributed by atoms with Crippen molar-refractivity contribution in [2.24, 2.45) is 17.8 Å². The molecule has 1 unspecified atom stereocenters. The highest BCUT2D eigenvalue weighted by molar-refractivity contribution is 5.71. The van der Waals surface area contributed by atoms with Crippen molar-refractivity contribution in [2.75, 3.05) is 13.2 Å². The molecule has 0 aromatic heterocycles. The van der Waals surface area contributed by atoms with Crippen molar-refractivity contribution in [3.8, 4) is 0 Å². The number of carbonyl (C=O) groups excluding carboxylic acids is 3. The highest BCUT2D eigenvalue weighted by Gasteiger charge is 2.19. The van der Waals surface area contributed by atoms with Crippen LogP contribution in [0.25, 0.3) is 0 Å². The van der Waals surface area contributed by atoms with Crippen LogP contribution in [0.4, 0.5) is 0 Å². The zero-order chi connectivity index (χ0) is 40.6. The van der Waals surface area contributed by atoms with E-state index < -0.39 is 6.10 Å². The summed E-state index contributed by atoms with van der Waals surface area (Å²) in [6.45, 7) is 13.6. The van der Waals surface area contributed by atoms with Gasteiger partial charge < -0.3 is 14.2 Å². The molecule has 55 heavy (non-hydrogen) atoms. The lowest BCUT2D eigenvalue weighted by Gasteiger charge is -2.18. The Kier molecular flexibility index (Phi) is 39.4. The molecule has 6 nitrogen and oxygen atoms in total. The molecular weight excluding hydrogens is 685 g/mol. The average Bonchev–Trinajstić information content (AvgIpc) is 3.15. The topological polar surface area (TPSA) is 78.9 Å². The molecule has 0 aliphatic rings. The first-order valence-electron chi connectivity index (χ1n) is 24.1. The minimum atomic E-state index is -0.762. The summed E-state index contributed by atoms with van der Waals surface area (Å²) in [6, 6.07) is 0. The van der Waals surface area contributed by atoms with Gasteiger partial charge in [0.2, 0.25) is 0 Å². The first kappa shape index (κ1) is 53.4. The first-order chi connectivity index (χ1) is 26.6. The molecule has 0 saturated carbocycles. The van der Waals surface area contributed by atoms with E-state index in [2.05, 4.69) is 41.5 Å². The lowest BCUT2D eigenvalue weighted by atomic mass is 9.99. The van der Waals surface area contributed by atoms with Crippen molar-refractivity contribution in [2.45, 2.75) is 266 Å². The Balaban J connectivity index is 4.23. The van der Waals surface area contributed by atoms with E-state index in [0.717, 1.165) is 75.5 Å². The van der Waals surface area contributed by atoms with Crippen LogP contribution < -0.4 is 0 Å². The fraction of sp³-hybridized carbons (Fsp3) is 0.939. The molecule has 0 aromatic rings. The smallest absolute Gasteiger partial charge is 0.306 e. The van der Waals surface area contributed by atoms with E-state index in [4.69, 9.17) is 14.2 Å². The molecule has 0 rings (SSSR count). The Morgan fingerprint density at radius 3 is 0.945 bits per heavy atom. The molecule has 2 atom stereocenters. The normalized spacial score (nSPS) is 12.7. The van der Waals surface area contributed by atoms with Crippen LogP contribution in [0.3, 0.4) is 0 Å².